The molecule has 0 spiro atoms. The van der Waals surface area contributed by atoms with Crippen LogP contribution in [-0.2, 0) is 4.79 Å². The Labute approximate surface area is 131 Å². The number of hydrogen-bond acceptors (Lipinski definition) is 2. The second-order valence-corrected chi connectivity index (χ2v) is 5.71. The molecule has 0 aliphatic heterocycles. The number of rotatable bonds is 4. The van der Waals surface area contributed by atoms with Gasteiger partial charge in [0, 0.05) is 11.4 Å². The molecule has 2 aromatic rings. The number of benzene rings is 2. The lowest BCUT2D eigenvalue weighted by Crippen LogP contribution is -2.22. The third-order valence-corrected chi connectivity index (χ3v) is 3.62. The molecule has 0 atom stereocenters. The van der Waals surface area contributed by atoms with Crippen molar-refractivity contribution in [3.8, 4) is 0 Å². The van der Waals surface area contributed by atoms with Gasteiger partial charge in [0.15, 0.2) is 0 Å². The quantitative estimate of drug-likeness (QED) is 0.864. The van der Waals surface area contributed by atoms with Gasteiger partial charge in [0.1, 0.15) is 5.82 Å². The van der Waals surface area contributed by atoms with E-state index >= 15 is 0 Å². The highest BCUT2D eigenvalue weighted by molar-refractivity contribution is 9.10. The average Bonchev–Trinajstić information content (AvgIpc) is 2.41. The van der Waals surface area contributed by atoms with Gasteiger partial charge in [-0.1, -0.05) is 12.1 Å². The van der Waals surface area contributed by atoms with Crippen molar-refractivity contribution in [1.82, 2.24) is 0 Å². The molecule has 0 fully saturated rings. The van der Waals surface area contributed by atoms with Gasteiger partial charge in [-0.15, -0.1) is 0 Å². The van der Waals surface area contributed by atoms with E-state index in [9.17, 15) is 9.18 Å². The molecule has 0 saturated heterocycles. The first kappa shape index (κ1) is 15.5. The van der Waals surface area contributed by atoms with Crippen LogP contribution in [0.3, 0.4) is 0 Å². The molecule has 0 aliphatic carbocycles. The number of anilines is 2. The van der Waals surface area contributed by atoms with Crippen LogP contribution in [0, 0.1) is 19.7 Å². The zero-order chi connectivity index (χ0) is 15.4. The van der Waals surface area contributed by atoms with Crippen molar-refractivity contribution in [3.63, 3.8) is 0 Å². The molecular formula is C16H16BrFN2O. The first-order valence-electron chi connectivity index (χ1n) is 6.52. The van der Waals surface area contributed by atoms with Gasteiger partial charge in [0.05, 0.1) is 11.0 Å². The van der Waals surface area contributed by atoms with Gasteiger partial charge in [0.2, 0.25) is 5.91 Å². The van der Waals surface area contributed by atoms with Crippen LogP contribution < -0.4 is 10.6 Å². The molecule has 0 unspecified atom stereocenters. The third kappa shape index (κ3) is 4.29. The Kier molecular flexibility index (Phi) is 4.96. The van der Waals surface area contributed by atoms with Gasteiger partial charge in [-0.2, -0.15) is 0 Å². The Bertz CT molecular complexity index is 673. The van der Waals surface area contributed by atoms with Gasteiger partial charge >= 0.3 is 0 Å². The Hall–Kier alpha value is -1.88. The van der Waals surface area contributed by atoms with Crippen molar-refractivity contribution in [2.24, 2.45) is 0 Å². The Balaban J connectivity index is 1.97. The summed E-state index contributed by atoms with van der Waals surface area (Å²) in [7, 11) is 0. The van der Waals surface area contributed by atoms with Crippen LogP contribution >= 0.6 is 15.9 Å². The largest absolute Gasteiger partial charge is 0.376 e. The fourth-order valence-electron chi connectivity index (χ4n) is 1.94. The van der Waals surface area contributed by atoms with E-state index in [1.165, 1.54) is 6.07 Å². The summed E-state index contributed by atoms with van der Waals surface area (Å²) in [6, 6.07) is 10.6. The number of hydrogen-bond donors (Lipinski definition) is 2. The van der Waals surface area contributed by atoms with Crippen molar-refractivity contribution >= 4 is 33.2 Å². The van der Waals surface area contributed by atoms with Crippen LogP contribution in [0.25, 0.3) is 0 Å². The van der Waals surface area contributed by atoms with E-state index < -0.39 is 0 Å². The zero-order valence-corrected chi connectivity index (χ0v) is 13.4. The summed E-state index contributed by atoms with van der Waals surface area (Å²) < 4.78 is 13.9. The van der Waals surface area contributed by atoms with Crippen LogP contribution in [0.15, 0.2) is 40.9 Å². The summed E-state index contributed by atoms with van der Waals surface area (Å²) in [5.41, 5.74) is 3.30. The number of carbonyl (C=O) groups is 1. The summed E-state index contributed by atoms with van der Waals surface area (Å²) in [6.45, 7) is 3.89. The Morgan fingerprint density at radius 1 is 1.24 bits per heavy atom. The topological polar surface area (TPSA) is 41.1 Å². The number of amides is 1. The molecule has 0 radical (unpaired) electrons. The second-order valence-electron chi connectivity index (χ2n) is 4.85. The molecule has 0 bridgehead atoms. The molecule has 3 nitrogen and oxygen atoms in total. The maximum Gasteiger partial charge on any atom is 0.243 e. The van der Waals surface area contributed by atoms with E-state index in [0.29, 0.717) is 10.2 Å². The van der Waals surface area contributed by atoms with Crippen molar-refractivity contribution < 1.29 is 9.18 Å². The monoisotopic (exact) mass is 350 g/mol. The van der Waals surface area contributed by atoms with Crippen molar-refractivity contribution in [2.45, 2.75) is 13.8 Å². The summed E-state index contributed by atoms with van der Waals surface area (Å²) in [5.74, 6) is -0.537. The predicted molar refractivity (Wildman–Crippen MR) is 87.1 cm³/mol. The number of carbonyl (C=O) groups excluding carboxylic acids is 1. The highest BCUT2D eigenvalue weighted by Gasteiger charge is 2.07. The number of halogens is 2. The van der Waals surface area contributed by atoms with Crippen LogP contribution in [0.5, 0.6) is 0 Å². The highest BCUT2D eigenvalue weighted by atomic mass is 79.9. The third-order valence-electron chi connectivity index (χ3n) is 3.01. The van der Waals surface area contributed by atoms with Gasteiger partial charge in [-0.25, -0.2) is 4.39 Å². The van der Waals surface area contributed by atoms with E-state index in [-0.39, 0.29) is 18.3 Å². The first-order chi connectivity index (χ1) is 9.95. The fraction of sp³-hybridized carbons (Fsp3) is 0.188. The number of nitrogens with one attached hydrogen (secondary N) is 2. The smallest absolute Gasteiger partial charge is 0.243 e. The summed E-state index contributed by atoms with van der Waals surface area (Å²) in [4.78, 5) is 11.9. The molecule has 0 heterocycles. The summed E-state index contributed by atoms with van der Waals surface area (Å²) >= 11 is 3.13. The molecule has 5 heteroatoms. The van der Waals surface area contributed by atoms with Crippen LogP contribution in [0.2, 0.25) is 0 Å². The minimum absolute atomic E-state index is 0.0792. The van der Waals surface area contributed by atoms with Crippen molar-refractivity contribution in [3.05, 3.63) is 57.8 Å². The molecular weight excluding hydrogens is 335 g/mol. The van der Waals surface area contributed by atoms with Gasteiger partial charge in [-0.05, 0) is 65.2 Å². The Morgan fingerprint density at radius 3 is 2.71 bits per heavy atom. The van der Waals surface area contributed by atoms with E-state index in [1.54, 1.807) is 6.07 Å². The summed E-state index contributed by atoms with van der Waals surface area (Å²) in [6.07, 6.45) is 0. The van der Waals surface area contributed by atoms with E-state index in [2.05, 4.69) is 26.6 Å². The molecule has 0 aliphatic rings. The highest BCUT2D eigenvalue weighted by Crippen LogP contribution is 2.23. The molecule has 2 rings (SSSR count). The maximum atomic E-state index is 13.5. The van der Waals surface area contributed by atoms with Crippen molar-refractivity contribution in [2.75, 3.05) is 17.2 Å². The lowest BCUT2D eigenvalue weighted by Gasteiger charge is -2.11. The van der Waals surface area contributed by atoms with Gasteiger partial charge in [0.25, 0.3) is 0 Å². The van der Waals surface area contributed by atoms with E-state index in [0.717, 1.165) is 16.8 Å². The molecule has 0 saturated carbocycles. The van der Waals surface area contributed by atoms with Crippen LogP contribution in [0.4, 0.5) is 15.8 Å². The Morgan fingerprint density at radius 2 is 2.00 bits per heavy atom. The van der Waals surface area contributed by atoms with Gasteiger partial charge < -0.3 is 10.6 Å². The van der Waals surface area contributed by atoms with Crippen molar-refractivity contribution in [1.29, 1.82) is 0 Å². The standard InChI is InChI=1S/C16H16BrFN2O/c1-10-4-3-5-12(6-10)20-16(21)9-19-15-8-14(18)13(17)7-11(15)2/h3-8,19H,9H2,1-2H3,(H,20,21). The lowest BCUT2D eigenvalue weighted by atomic mass is 10.2. The SMILES string of the molecule is Cc1cccc(NC(=O)CNc2cc(F)c(Br)cc2C)c1. The van der Waals surface area contributed by atoms with Crippen LogP contribution in [-0.4, -0.2) is 12.5 Å². The molecule has 0 aromatic heterocycles. The average molecular weight is 351 g/mol. The fourth-order valence-corrected chi connectivity index (χ4v) is 2.40. The van der Waals surface area contributed by atoms with Crippen LogP contribution in [0.1, 0.15) is 11.1 Å². The molecule has 1 amide bonds. The normalized spacial score (nSPS) is 10.3. The maximum absolute atomic E-state index is 13.5. The minimum Gasteiger partial charge on any atom is -0.376 e. The molecule has 2 N–H and O–H groups in total. The second kappa shape index (κ2) is 6.72. The number of aryl methyl sites for hydroxylation is 2. The minimum atomic E-state index is -0.359. The van der Waals surface area contributed by atoms with E-state index in [1.807, 2.05) is 38.1 Å². The molecule has 110 valence electrons. The first-order valence-corrected chi connectivity index (χ1v) is 7.31. The predicted octanol–water partition coefficient (Wildman–Crippen LogP) is 4.26. The molecule has 21 heavy (non-hydrogen) atoms. The zero-order valence-electron chi connectivity index (χ0n) is 11.8. The summed E-state index contributed by atoms with van der Waals surface area (Å²) in [5, 5.41) is 5.74. The van der Waals surface area contributed by atoms with E-state index in [4.69, 9.17) is 0 Å². The lowest BCUT2D eigenvalue weighted by molar-refractivity contribution is -0.114. The molecule has 2 aromatic carbocycles. The van der Waals surface area contributed by atoms with Gasteiger partial charge in [-0.3, -0.25) is 4.79 Å².